The maximum Gasteiger partial charge on any atom is 0.0107 e. The van der Waals surface area contributed by atoms with E-state index in [2.05, 4.69) is 49.7 Å². The van der Waals surface area contributed by atoms with Crippen LogP contribution in [0.1, 0.15) is 53.9 Å². The first-order chi connectivity index (χ1) is 9.17. The van der Waals surface area contributed by atoms with Gasteiger partial charge in [0.25, 0.3) is 0 Å². The summed E-state index contributed by atoms with van der Waals surface area (Å²) in [5.41, 5.74) is 0. The Hall–Kier alpha value is -0.120. The molecule has 3 heteroatoms. The molecule has 0 saturated heterocycles. The van der Waals surface area contributed by atoms with Crippen molar-refractivity contribution in [3.05, 3.63) is 0 Å². The molecule has 0 aliphatic heterocycles. The van der Waals surface area contributed by atoms with E-state index < -0.39 is 0 Å². The molecule has 0 aliphatic carbocycles. The third kappa shape index (κ3) is 10.3. The third-order valence-electron chi connectivity index (χ3n) is 3.93. The molecule has 1 N–H and O–H groups in total. The molecule has 0 aromatic heterocycles. The van der Waals surface area contributed by atoms with E-state index in [9.17, 15) is 0 Å². The predicted molar refractivity (Wildman–Crippen MR) is 86.9 cm³/mol. The summed E-state index contributed by atoms with van der Waals surface area (Å²) in [6.45, 7) is 19.6. The first-order valence-corrected chi connectivity index (χ1v) is 8.35. The molecule has 0 fully saturated rings. The number of hydrogen-bond acceptors (Lipinski definition) is 3. The molecule has 0 aromatic carbocycles. The number of nitrogens with zero attached hydrogens (tertiary/aromatic N) is 2. The quantitative estimate of drug-likeness (QED) is 0.556. The van der Waals surface area contributed by atoms with Gasteiger partial charge in [0, 0.05) is 19.1 Å². The van der Waals surface area contributed by atoms with Crippen molar-refractivity contribution in [3.8, 4) is 0 Å². The Morgan fingerprint density at radius 1 is 0.842 bits per heavy atom. The molecule has 0 radical (unpaired) electrons. The van der Waals surface area contributed by atoms with Gasteiger partial charge in [-0.2, -0.15) is 0 Å². The zero-order chi connectivity index (χ0) is 14.5. The Kier molecular flexibility index (Phi) is 12.8. The number of likely N-dealkylation sites (N-methyl/N-ethyl adjacent to an activating group) is 1. The van der Waals surface area contributed by atoms with E-state index in [-0.39, 0.29) is 0 Å². The van der Waals surface area contributed by atoms with Gasteiger partial charge in [-0.1, -0.05) is 34.1 Å². The topological polar surface area (TPSA) is 18.5 Å². The van der Waals surface area contributed by atoms with Crippen molar-refractivity contribution in [2.75, 3.05) is 45.8 Å². The largest absolute Gasteiger partial charge is 0.313 e. The van der Waals surface area contributed by atoms with Gasteiger partial charge in [0.1, 0.15) is 0 Å². The number of hydrogen-bond donors (Lipinski definition) is 1. The van der Waals surface area contributed by atoms with E-state index in [1.165, 1.54) is 58.5 Å². The first-order valence-electron chi connectivity index (χ1n) is 8.35. The highest BCUT2D eigenvalue weighted by atomic mass is 15.1. The lowest BCUT2D eigenvalue weighted by Crippen LogP contribution is -2.37. The highest BCUT2D eigenvalue weighted by molar-refractivity contribution is 4.64. The Balaban J connectivity index is 3.65. The second-order valence-corrected chi connectivity index (χ2v) is 5.46. The van der Waals surface area contributed by atoms with Crippen LogP contribution in [0.4, 0.5) is 0 Å². The third-order valence-corrected chi connectivity index (χ3v) is 3.93. The van der Waals surface area contributed by atoms with Gasteiger partial charge in [-0.3, -0.25) is 0 Å². The molecule has 0 heterocycles. The van der Waals surface area contributed by atoms with Gasteiger partial charge in [0.05, 0.1) is 0 Å². The average molecular weight is 271 g/mol. The predicted octanol–water partition coefficient (Wildman–Crippen LogP) is 2.82. The lowest BCUT2D eigenvalue weighted by molar-refractivity contribution is 0.241. The Morgan fingerprint density at radius 2 is 1.42 bits per heavy atom. The fourth-order valence-electron chi connectivity index (χ4n) is 2.49. The monoisotopic (exact) mass is 271 g/mol. The summed E-state index contributed by atoms with van der Waals surface area (Å²) in [5, 5.41) is 3.62. The first kappa shape index (κ1) is 18.9. The van der Waals surface area contributed by atoms with Crippen molar-refractivity contribution in [1.29, 1.82) is 0 Å². The van der Waals surface area contributed by atoms with Crippen LogP contribution >= 0.6 is 0 Å². The van der Waals surface area contributed by atoms with Crippen molar-refractivity contribution < 1.29 is 0 Å². The molecule has 0 rings (SSSR count). The van der Waals surface area contributed by atoms with Crippen LogP contribution in [0.2, 0.25) is 0 Å². The molecule has 1 atom stereocenters. The van der Waals surface area contributed by atoms with E-state index >= 15 is 0 Å². The van der Waals surface area contributed by atoms with E-state index in [0.29, 0.717) is 6.04 Å². The van der Waals surface area contributed by atoms with E-state index in [1.54, 1.807) is 0 Å². The highest BCUT2D eigenvalue weighted by Gasteiger charge is 2.05. The molecule has 0 aromatic rings. The Bertz CT molecular complexity index is 181. The summed E-state index contributed by atoms with van der Waals surface area (Å²) in [4.78, 5) is 5.07. The molecule has 3 nitrogen and oxygen atoms in total. The Morgan fingerprint density at radius 3 is 1.95 bits per heavy atom. The SMILES string of the molecule is CCCC(C)NCCN(CC)CCCN(CC)CC. The minimum absolute atomic E-state index is 0.666. The molecular formula is C16H37N3. The lowest BCUT2D eigenvalue weighted by atomic mass is 10.2. The number of rotatable bonds is 13. The van der Waals surface area contributed by atoms with E-state index in [0.717, 1.165) is 6.54 Å². The standard InChI is InChI=1S/C16H37N3/c1-6-11-16(5)17-12-15-19(9-4)14-10-13-18(7-2)8-3/h16-17H,6-15H2,1-5H3. The fraction of sp³-hybridized carbons (Fsp3) is 1.00. The summed E-state index contributed by atoms with van der Waals surface area (Å²) in [6.07, 6.45) is 3.85. The van der Waals surface area contributed by atoms with Gasteiger partial charge in [-0.15, -0.1) is 0 Å². The molecule has 0 saturated carbocycles. The molecular weight excluding hydrogens is 234 g/mol. The van der Waals surface area contributed by atoms with Gasteiger partial charge < -0.3 is 15.1 Å². The zero-order valence-corrected chi connectivity index (χ0v) is 14.0. The van der Waals surface area contributed by atoms with Crippen LogP contribution < -0.4 is 5.32 Å². The second-order valence-electron chi connectivity index (χ2n) is 5.46. The van der Waals surface area contributed by atoms with Gasteiger partial charge in [0.15, 0.2) is 0 Å². The average Bonchev–Trinajstić information content (AvgIpc) is 2.42. The molecule has 0 bridgehead atoms. The molecule has 0 aliphatic rings. The zero-order valence-electron chi connectivity index (χ0n) is 14.0. The van der Waals surface area contributed by atoms with Crippen LogP contribution in [0.5, 0.6) is 0 Å². The van der Waals surface area contributed by atoms with Gasteiger partial charge in [0.2, 0.25) is 0 Å². The number of nitrogens with one attached hydrogen (secondary N) is 1. The second kappa shape index (κ2) is 12.9. The summed E-state index contributed by atoms with van der Waals surface area (Å²) >= 11 is 0. The Labute approximate surface area is 121 Å². The van der Waals surface area contributed by atoms with Crippen molar-refractivity contribution in [2.24, 2.45) is 0 Å². The van der Waals surface area contributed by atoms with Crippen LogP contribution in [0.15, 0.2) is 0 Å². The van der Waals surface area contributed by atoms with Crippen LogP contribution in [0.3, 0.4) is 0 Å². The highest BCUT2D eigenvalue weighted by Crippen LogP contribution is 1.97. The maximum atomic E-state index is 3.62. The van der Waals surface area contributed by atoms with Crippen LogP contribution in [0, 0.1) is 0 Å². The van der Waals surface area contributed by atoms with E-state index in [1.807, 2.05) is 0 Å². The summed E-state index contributed by atoms with van der Waals surface area (Å²) in [5.74, 6) is 0. The lowest BCUT2D eigenvalue weighted by Gasteiger charge is -2.24. The molecule has 0 amide bonds. The minimum atomic E-state index is 0.666. The van der Waals surface area contributed by atoms with Crippen molar-refractivity contribution in [2.45, 2.75) is 59.9 Å². The maximum absolute atomic E-state index is 3.62. The van der Waals surface area contributed by atoms with Crippen molar-refractivity contribution >= 4 is 0 Å². The summed E-state index contributed by atoms with van der Waals surface area (Å²) in [6, 6.07) is 0.666. The minimum Gasteiger partial charge on any atom is -0.313 e. The van der Waals surface area contributed by atoms with Crippen LogP contribution in [-0.4, -0.2) is 61.7 Å². The summed E-state index contributed by atoms with van der Waals surface area (Å²) < 4.78 is 0. The van der Waals surface area contributed by atoms with Crippen molar-refractivity contribution in [1.82, 2.24) is 15.1 Å². The summed E-state index contributed by atoms with van der Waals surface area (Å²) in [7, 11) is 0. The van der Waals surface area contributed by atoms with Crippen LogP contribution in [-0.2, 0) is 0 Å². The van der Waals surface area contributed by atoms with Gasteiger partial charge in [-0.25, -0.2) is 0 Å². The normalized spacial score (nSPS) is 13.4. The van der Waals surface area contributed by atoms with Gasteiger partial charge in [-0.05, 0) is 52.5 Å². The molecule has 116 valence electrons. The molecule has 0 spiro atoms. The van der Waals surface area contributed by atoms with Gasteiger partial charge >= 0.3 is 0 Å². The van der Waals surface area contributed by atoms with E-state index in [4.69, 9.17) is 0 Å². The molecule has 1 unspecified atom stereocenters. The van der Waals surface area contributed by atoms with Crippen molar-refractivity contribution in [3.63, 3.8) is 0 Å². The fourth-order valence-corrected chi connectivity index (χ4v) is 2.49. The van der Waals surface area contributed by atoms with Crippen LogP contribution in [0.25, 0.3) is 0 Å². The molecule has 19 heavy (non-hydrogen) atoms. The smallest absolute Gasteiger partial charge is 0.0107 e.